The fraction of sp³-hybridized carbons (Fsp3) is 0.273. The van der Waals surface area contributed by atoms with Crippen LogP contribution in [0.15, 0.2) is 23.4 Å². The molecule has 21 heavy (non-hydrogen) atoms. The molecule has 1 aromatic heterocycles. The van der Waals surface area contributed by atoms with Gasteiger partial charge >= 0.3 is 6.18 Å². The van der Waals surface area contributed by atoms with Crippen LogP contribution in [0.2, 0.25) is 0 Å². The van der Waals surface area contributed by atoms with Gasteiger partial charge in [0.05, 0.1) is 7.11 Å². The van der Waals surface area contributed by atoms with Crippen molar-refractivity contribution in [2.75, 3.05) is 13.0 Å². The summed E-state index contributed by atoms with van der Waals surface area (Å²) in [7, 11) is 1.41. The number of ether oxygens (including phenoxy) is 1. The molecule has 0 atom stereocenters. The minimum absolute atomic E-state index is 0.131. The minimum Gasteiger partial charge on any atom is -0.496 e. The van der Waals surface area contributed by atoms with Gasteiger partial charge in [0, 0.05) is 11.3 Å². The quantitative estimate of drug-likeness (QED) is 0.532. The third-order valence-corrected chi connectivity index (χ3v) is 3.51. The third-order valence-electron chi connectivity index (χ3n) is 2.52. The zero-order valence-corrected chi connectivity index (χ0v) is 11.5. The topological polar surface area (TPSA) is 66.0 Å². The number of hydrogen-bond donors (Lipinski definition) is 1. The highest BCUT2D eigenvalue weighted by molar-refractivity contribution is 7.98. The highest BCUT2D eigenvalue weighted by Gasteiger charge is 2.38. The summed E-state index contributed by atoms with van der Waals surface area (Å²) < 4.78 is 56.1. The normalized spacial score (nSPS) is 11.7. The number of rotatable bonds is 4. The van der Waals surface area contributed by atoms with Gasteiger partial charge in [0.15, 0.2) is 0 Å². The van der Waals surface area contributed by atoms with Crippen LogP contribution in [0.3, 0.4) is 0 Å². The van der Waals surface area contributed by atoms with E-state index in [9.17, 15) is 17.6 Å². The highest BCUT2D eigenvalue weighted by Crippen LogP contribution is 2.31. The molecular formula is C11H10F4N4OS. The van der Waals surface area contributed by atoms with E-state index in [4.69, 9.17) is 10.6 Å². The molecule has 10 heteroatoms. The number of halogens is 4. The Hall–Kier alpha value is -1.97. The zero-order chi connectivity index (χ0) is 15.6. The van der Waals surface area contributed by atoms with Gasteiger partial charge in [0.2, 0.25) is 5.16 Å². The molecule has 0 bridgehead atoms. The van der Waals surface area contributed by atoms with Crippen LogP contribution >= 0.6 is 11.8 Å². The summed E-state index contributed by atoms with van der Waals surface area (Å²) in [6.07, 6.45) is -4.68. The molecule has 1 aromatic carbocycles. The SMILES string of the molecule is COc1ccc(F)cc1CSc1nnc(C(F)(F)F)n1N. The van der Waals surface area contributed by atoms with E-state index in [0.717, 1.165) is 11.8 Å². The van der Waals surface area contributed by atoms with Crippen LogP contribution in [0.1, 0.15) is 11.4 Å². The van der Waals surface area contributed by atoms with Crippen LogP contribution in [0.25, 0.3) is 0 Å². The Kier molecular flexibility index (Phi) is 4.26. The number of thioether (sulfide) groups is 1. The van der Waals surface area contributed by atoms with Crippen LogP contribution < -0.4 is 10.6 Å². The molecule has 5 nitrogen and oxygen atoms in total. The molecule has 0 amide bonds. The van der Waals surface area contributed by atoms with E-state index in [0.29, 0.717) is 16.0 Å². The number of nitrogen functional groups attached to an aromatic ring is 1. The molecule has 0 saturated carbocycles. The lowest BCUT2D eigenvalue weighted by atomic mass is 10.2. The molecule has 1 heterocycles. The number of nitrogens with two attached hydrogens (primary N) is 1. The predicted octanol–water partition coefficient (Wildman–Crippen LogP) is 2.45. The van der Waals surface area contributed by atoms with E-state index in [1.165, 1.54) is 25.3 Å². The van der Waals surface area contributed by atoms with Crippen molar-refractivity contribution in [2.45, 2.75) is 17.1 Å². The average Bonchev–Trinajstić information content (AvgIpc) is 2.77. The van der Waals surface area contributed by atoms with E-state index in [-0.39, 0.29) is 10.9 Å². The Balaban J connectivity index is 2.18. The van der Waals surface area contributed by atoms with Gasteiger partial charge < -0.3 is 10.6 Å². The third kappa shape index (κ3) is 3.38. The lowest BCUT2D eigenvalue weighted by Crippen LogP contribution is -2.21. The van der Waals surface area contributed by atoms with Gasteiger partial charge in [-0.15, -0.1) is 10.2 Å². The highest BCUT2D eigenvalue weighted by atomic mass is 32.2. The van der Waals surface area contributed by atoms with Crippen molar-refractivity contribution >= 4 is 11.8 Å². The van der Waals surface area contributed by atoms with Gasteiger partial charge in [-0.1, -0.05) is 11.8 Å². The van der Waals surface area contributed by atoms with E-state index >= 15 is 0 Å². The molecule has 0 aliphatic rings. The number of hydrogen-bond acceptors (Lipinski definition) is 5. The van der Waals surface area contributed by atoms with Gasteiger partial charge in [-0.3, -0.25) is 0 Å². The second-order valence-corrected chi connectivity index (χ2v) is 4.86. The Morgan fingerprint density at radius 1 is 1.33 bits per heavy atom. The number of aromatic nitrogens is 3. The average molecular weight is 322 g/mol. The van der Waals surface area contributed by atoms with Crippen LogP contribution in [0, 0.1) is 5.82 Å². The summed E-state index contributed by atoms with van der Waals surface area (Å²) >= 11 is 0.893. The largest absolute Gasteiger partial charge is 0.496 e. The van der Waals surface area contributed by atoms with Gasteiger partial charge in [-0.25, -0.2) is 9.07 Å². The summed E-state index contributed by atoms with van der Waals surface area (Å²) in [5.74, 6) is 4.08. The van der Waals surface area contributed by atoms with E-state index in [1.807, 2.05) is 0 Å². The maximum Gasteiger partial charge on any atom is 0.453 e. The van der Waals surface area contributed by atoms with Crippen molar-refractivity contribution in [1.29, 1.82) is 0 Å². The Morgan fingerprint density at radius 2 is 2.05 bits per heavy atom. The van der Waals surface area contributed by atoms with Crippen molar-refractivity contribution in [1.82, 2.24) is 14.9 Å². The monoisotopic (exact) mass is 322 g/mol. The van der Waals surface area contributed by atoms with E-state index in [1.54, 1.807) is 0 Å². The van der Waals surface area contributed by atoms with Crippen LogP contribution in [-0.4, -0.2) is 22.0 Å². The Labute approximate surface area is 121 Å². The van der Waals surface area contributed by atoms with Crippen LogP contribution in [0.4, 0.5) is 17.6 Å². The maximum atomic E-state index is 13.2. The first-order chi connectivity index (χ1) is 9.82. The fourth-order valence-electron chi connectivity index (χ4n) is 1.57. The second-order valence-electron chi connectivity index (χ2n) is 3.92. The van der Waals surface area contributed by atoms with Crippen LogP contribution in [-0.2, 0) is 11.9 Å². The predicted molar refractivity (Wildman–Crippen MR) is 67.7 cm³/mol. The first kappa shape index (κ1) is 15.4. The number of methoxy groups -OCH3 is 1. The summed E-state index contributed by atoms with van der Waals surface area (Å²) in [6, 6.07) is 3.88. The van der Waals surface area contributed by atoms with Crippen molar-refractivity contribution in [3.05, 3.63) is 35.4 Å². The molecule has 2 aromatic rings. The number of alkyl halides is 3. The molecule has 2 N–H and O–H groups in total. The van der Waals surface area contributed by atoms with Crippen molar-refractivity contribution in [3.8, 4) is 5.75 Å². The summed E-state index contributed by atoms with van der Waals surface area (Å²) in [4.78, 5) is 0. The smallest absolute Gasteiger partial charge is 0.453 e. The molecule has 0 radical (unpaired) electrons. The van der Waals surface area contributed by atoms with Crippen molar-refractivity contribution in [2.24, 2.45) is 0 Å². The Morgan fingerprint density at radius 3 is 2.62 bits per heavy atom. The molecule has 114 valence electrons. The minimum atomic E-state index is -4.68. The first-order valence-corrected chi connectivity index (χ1v) is 6.54. The maximum absolute atomic E-state index is 13.2. The molecular weight excluding hydrogens is 312 g/mol. The van der Waals surface area contributed by atoms with E-state index in [2.05, 4.69) is 10.2 Å². The summed E-state index contributed by atoms with van der Waals surface area (Å²) in [5, 5.41) is 6.24. The lowest BCUT2D eigenvalue weighted by Gasteiger charge is -2.08. The molecule has 0 aliphatic heterocycles. The molecule has 0 saturated heterocycles. The first-order valence-electron chi connectivity index (χ1n) is 5.56. The molecule has 0 aliphatic carbocycles. The standard InChI is InChI=1S/C11H10F4N4OS/c1-20-8-3-2-7(12)4-6(8)5-21-10-18-17-9(19(10)16)11(13,14)15/h2-4H,5,16H2,1H3. The van der Waals surface area contributed by atoms with Crippen LogP contribution in [0.5, 0.6) is 5.75 Å². The van der Waals surface area contributed by atoms with Gasteiger partial charge in [-0.2, -0.15) is 13.2 Å². The van der Waals surface area contributed by atoms with Gasteiger partial charge in [-0.05, 0) is 18.2 Å². The zero-order valence-electron chi connectivity index (χ0n) is 10.7. The summed E-state index contributed by atoms with van der Waals surface area (Å²) in [6.45, 7) is 0. The van der Waals surface area contributed by atoms with Gasteiger partial charge in [0.1, 0.15) is 11.6 Å². The Bertz CT molecular complexity index is 644. The molecule has 2 rings (SSSR count). The fourth-order valence-corrected chi connectivity index (χ4v) is 2.41. The van der Waals surface area contributed by atoms with E-state index < -0.39 is 17.8 Å². The number of benzene rings is 1. The summed E-state index contributed by atoms with van der Waals surface area (Å²) in [5.41, 5.74) is 0.471. The molecule has 0 spiro atoms. The molecule has 0 unspecified atom stereocenters. The second kappa shape index (κ2) is 5.80. The van der Waals surface area contributed by atoms with Crippen molar-refractivity contribution < 1.29 is 22.3 Å². The molecule has 0 fully saturated rings. The number of nitrogens with zero attached hydrogens (tertiary/aromatic N) is 3. The van der Waals surface area contributed by atoms with Gasteiger partial charge in [0.25, 0.3) is 5.82 Å². The lowest BCUT2D eigenvalue weighted by molar-refractivity contribution is -0.146. The van der Waals surface area contributed by atoms with Crippen molar-refractivity contribution in [3.63, 3.8) is 0 Å².